The number of hydrogen-bond donors (Lipinski definition) is 0. The third-order valence-electron chi connectivity index (χ3n) is 2.76. The van der Waals surface area contributed by atoms with Gasteiger partial charge in [-0.15, -0.1) is 0 Å². The molecule has 1 aromatic rings. The molecule has 0 aromatic heterocycles. The van der Waals surface area contributed by atoms with Crippen LogP contribution in [0, 0.1) is 5.82 Å². The lowest BCUT2D eigenvalue weighted by Crippen LogP contribution is -2.27. The molecule has 1 heterocycles. The summed E-state index contributed by atoms with van der Waals surface area (Å²) in [5.74, 6) is -0.288. The van der Waals surface area contributed by atoms with E-state index in [1.807, 2.05) is 6.92 Å². The van der Waals surface area contributed by atoms with Crippen LogP contribution in [0.3, 0.4) is 0 Å². The van der Waals surface area contributed by atoms with E-state index < -0.39 is 0 Å². The molecule has 0 N–H and O–H groups in total. The van der Waals surface area contributed by atoms with Crippen LogP contribution >= 0.6 is 0 Å². The normalized spacial score (nSPS) is 25.5. The number of benzene rings is 1. The Hall–Kier alpha value is -1.58. The van der Waals surface area contributed by atoms with Crippen LogP contribution < -0.4 is 0 Å². The van der Waals surface area contributed by atoms with E-state index in [0.717, 1.165) is 5.56 Å². The van der Waals surface area contributed by atoms with Gasteiger partial charge in [-0.3, -0.25) is 0 Å². The molecule has 0 unspecified atom stereocenters. The van der Waals surface area contributed by atoms with Gasteiger partial charge in [0.1, 0.15) is 11.9 Å². The number of likely N-dealkylation sites (N-methyl/N-ethyl adjacent to an activating group) is 1. The molecule has 1 aliphatic heterocycles. The Labute approximate surface area is 87.5 Å². The van der Waals surface area contributed by atoms with Gasteiger partial charge < -0.3 is 9.64 Å². The van der Waals surface area contributed by atoms with Crippen molar-refractivity contribution in [2.45, 2.75) is 19.1 Å². The fraction of sp³-hybridized carbons (Fsp3) is 0.364. The van der Waals surface area contributed by atoms with E-state index >= 15 is 0 Å². The zero-order chi connectivity index (χ0) is 11.0. The Morgan fingerprint density at radius 3 is 2.40 bits per heavy atom. The van der Waals surface area contributed by atoms with Crippen LogP contribution in [0.1, 0.15) is 18.6 Å². The molecule has 2 atom stereocenters. The van der Waals surface area contributed by atoms with Gasteiger partial charge in [-0.25, -0.2) is 9.18 Å². The predicted molar refractivity (Wildman–Crippen MR) is 52.8 cm³/mol. The van der Waals surface area contributed by atoms with E-state index in [-0.39, 0.29) is 24.1 Å². The topological polar surface area (TPSA) is 29.5 Å². The third-order valence-corrected chi connectivity index (χ3v) is 2.76. The summed E-state index contributed by atoms with van der Waals surface area (Å²) in [5, 5.41) is 0. The van der Waals surface area contributed by atoms with E-state index in [2.05, 4.69) is 0 Å². The van der Waals surface area contributed by atoms with E-state index in [0.29, 0.717) is 0 Å². The van der Waals surface area contributed by atoms with Gasteiger partial charge in [0, 0.05) is 7.05 Å². The molecular formula is C11H12FNO2. The van der Waals surface area contributed by atoms with Gasteiger partial charge in [0.25, 0.3) is 0 Å². The molecule has 0 bridgehead atoms. The first-order valence-electron chi connectivity index (χ1n) is 4.78. The number of amides is 1. The summed E-state index contributed by atoms with van der Waals surface area (Å²) in [7, 11) is 1.69. The van der Waals surface area contributed by atoms with Crippen LogP contribution in [0.2, 0.25) is 0 Å². The van der Waals surface area contributed by atoms with Crippen molar-refractivity contribution in [3.8, 4) is 0 Å². The van der Waals surface area contributed by atoms with Crippen LogP contribution in [-0.2, 0) is 4.74 Å². The SMILES string of the molecule is C[C@@H]1[C@@H](c2ccc(F)cc2)OC(=O)N1C. The van der Waals surface area contributed by atoms with Gasteiger partial charge >= 0.3 is 6.09 Å². The number of carbonyl (C=O) groups is 1. The highest BCUT2D eigenvalue weighted by atomic mass is 19.1. The molecule has 4 heteroatoms. The number of cyclic esters (lactones) is 1. The first-order chi connectivity index (χ1) is 7.09. The maximum atomic E-state index is 12.7. The fourth-order valence-corrected chi connectivity index (χ4v) is 1.66. The van der Waals surface area contributed by atoms with Gasteiger partial charge in [-0.2, -0.15) is 0 Å². The second kappa shape index (κ2) is 3.53. The summed E-state index contributed by atoms with van der Waals surface area (Å²) >= 11 is 0. The molecule has 1 fully saturated rings. The van der Waals surface area contributed by atoms with E-state index in [1.165, 1.54) is 17.0 Å². The van der Waals surface area contributed by atoms with Crippen molar-refractivity contribution in [3.63, 3.8) is 0 Å². The molecule has 80 valence electrons. The summed E-state index contributed by atoms with van der Waals surface area (Å²) in [4.78, 5) is 12.8. The predicted octanol–water partition coefficient (Wildman–Crippen LogP) is 2.34. The quantitative estimate of drug-likeness (QED) is 0.710. The second-order valence-corrected chi connectivity index (χ2v) is 3.71. The van der Waals surface area contributed by atoms with Crippen LogP contribution in [0.25, 0.3) is 0 Å². The van der Waals surface area contributed by atoms with Gasteiger partial charge in [0.2, 0.25) is 0 Å². The highest BCUT2D eigenvalue weighted by molar-refractivity contribution is 5.70. The average molecular weight is 209 g/mol. The lowest BCUT2D eigenvalue weighted by Gasteiger charge is -2.16. The number of rotatable bonds is 1. The molecule has 1 amide bonds. The Kier molecular flexibility index (Phi) is 2.34. The average Bonchev–Trinajstić information content (AvgIpc) is 2.47. The minimum Gasteiger partial charge on any atom is -0.439 e. The second-order valence-electron chi connectivity index (χ2n) is 3.71. The number of ether oxygens (including phenoxy) is 1. The van der Waals surface area contributed by atoms with Crippen molar-refractivity contribution >= 4 is 6.09 Å². The van der Waals surface area contributed by atoms with Gasteiger partial charge in [0.15, 0.2) is 0 Å². The Bertz CT molecular complexity index is 377. The van der Waals surface area contributed by atoms with Crippen molar-refractivity contribution in [1.29, 1.82) is 0 Å². The minimum absolute atomic E-state index is 0.0250. The third kappa shape index (κ3) is 1.67. The molecule has 0 radical (unpaired) electrons. The van der Waals surface area contributed by atoms with Crippen molar-refractivity contribution < 1.29 is 13.9 Å². The summed E-state index contributed by atoms with van der Waals surface area (Å²) < 4.78 is 17.9. The number of halogens is 1. The number of hydrogen-bond acceptors (Lipinski definition) is 2. The van der Waals surface area contributed by atoms with Crippen molar-refractivity contribution in [2.24, 2.45) is 0 Å². The largest absolute Gasteiger partial charge is 0.439 e. The maximum absolute atomic E-state index is 12.7. The lowest BCUT2D eigenvalue weighted by atomic mass is 10.0. The van der Waals surface area contributed by atoms with Crippen LogP contribution in [0.4, 0.5) is 9.18 Å². The molecule has 2 rings (SSSR count). The fourth-order valence-electron chi connectivity index (χ4n) is 1.66. The van der Waals surface area contributed by atoms with E-state index in [9.17, 15) is 9.18 Å². The monoisotopic (exact) mass is 209 g/mol. The number of carbonyl (C=O) groups excluding carboxylic acids is 1. The van der Waals surface area contributed by atoms with Crippen LogP contribution in [-0.4, -0.2) is 24.1 Å². The smallest absolute Gasteiger partial charge is 0.410 e. The molecule has 0 aliphatic carbocycles. The van der Waals surface area contributed by atoms with Gasteiger partial charge in [-0.1, -0.05) is 12.1 Å². The highest BCUT2D eigenvalue weighted by Crippen LogP contribution is 2.30. The highest BCUT2D eigenvalue weighted by Gasteiger charge is 2.36. The summed E-state index contributed by atoms with van der Waals surface area (Å²) in [5.41, 5.74) is 0.821. The molecule has 0 saturated carbocycles. The van der Waals surface area contributed by atoms with E-state index in [1.54, 1.807) is 19.2 Å². The first kappa shape index (κ1) is 9.96. The first-order valence-corrected chi connectivity index (χ1v) is 4.78. The standard InChI is InChI=1S/C11H12FNO2/c1-7-10(15-11(14)13(7)2)8-3-5-9(12)6-4-8/h3-7,10H,1-2H3/t7-,10+/m1/s1. The Morgan fingerprint density at radius 2 is 1.93 bits per heavy atom. The molecule has 15 heavy (non-hydrogen) atoms. The molecule has 3 nitrogen and oxygen atoms in total. The molecular weight excluding hydrogens is 197 g/mol. The number of nitrogens with zero attached hydrogens (tertiary/aromatic N) is 1. The van der Waals surface area contributed by atoms with Crippen LogP contribution in [0.5, 0.6) is 0 Å². The van der Waals surface area contributed by atoms with Gasteiger partial charge in [0.05, 0.1) is 6.04 Å². The minimum atomic E-state index is -0.336. The van der Waals surface area contributed by atoms with Crippen molar-refractivity contribution in [1.82, 2.24) is 4.90 Å². The van der Waals surface area contributed by atoms with E-state index in [4.69, 9.17) is 4.74 Å². The summed E-state index contributed by atoms with van der Waals surface area (Å²) in [6, 6.07) is 6.00. The zero-order valence-electron chi connectivity index (χ0n) is 8.61. The lowest BCUT2D eigenvalue weighted by molar-refractivity contribution is 0.131. The maximum Gasteiger partial charge on any atom is 0.410 e. The molecule has 1 saturated heterocycles. The molecule has 0 spiro atoms. The van der Waals surface area contributed by atoms with Crippen molar-refractivity contribution in [2.75, 3.05) is 7.05 Å². The summed E-state index contributed by atoms with van der Waals surface area (Å²) in [6.45, 7) is 1.90. The Balaban J connectivity index is 2.25. The molecule has 1 aliphatic rings. The van der Waals surface area contributed by atoms with Crippen molar-refractivity contribution in [3.05, 3.63) is 35.6 Å². The summed E-state index contributed by atoms with van der Waals surface area (Å²) in [6.07, 6.45) is -0.639. The van der Waals surface area contributed by atoms with Gasteiger partial charge in [-0.05, 0) is 24.6 Å². The Morgan fingerprint density at radius 1 is 1.33 bits per heavy atom. The molecule has 1 aromatic carbocycles. The zero-order valence-corrected chi connectivity index (χ0v) is 8.61. The van der Waals surface area contributed by atoms with Crippen LogP contribution in [0.15, 0.2) is 24.3 Å².